The number of carbonyl (C=O) groups excluding carboxylic acids is 2. The fourth-order valence-electron chi connectivity index (χ4n) is 3.27. The van der Waals surface area contributed by atoms with E-state index >= 15 is 0 Å². The summed E-state index contributed by atoms with van der Waals surface area (Å²) in [7, 11) is 1.65. The number of carbonyl (C=O) groups is 2. The van der Waals surface area contributed by atoms with Gasteiger partial charge in [-0.05, 0) is 64.2 Å². The molecule has 144 valence electrons. The molecule has 0 unspecified atom stereocenters. The third kappa shape index (κ3) is 4.68. The second kappa shape index (κ2) is 8.57. The molecule has 0 aromatic heterocycles. The standard InChI is InChI=1S/C23H24N2O3/c1-15(26)24-10-9-19-12-20(11-18-7-8-22(28-3)14-23(18)19)17-5-4-6-21(13-17)25-16(2)27/h4-8,11-14H,9-10H2,1-3H3,(H,24,26)(H,25,27). The van der Waals surface area contributed by atoms with Gasteiger partial charge in [-0.2, -0.15) is 0 Å². The first-order chi connectivity index (χ1) is 13.5. The summed E-state index contributed by atoms with van der Waals surface area (Å²) in [5, 5.41) is 7.89. The quantitative estimate of drug-likeness (QED) is 0.679. The molecular formula is C23H24N2O3. The Morgan fingerprint density at radius 3 is 2.46 bits per heavy atom. The lowest BCUT2D eigenvalue weighted by Crippen LogP contribution is -2.22. The zero-order valence-corrected chi connectivity index (χ0v) is 16.3. The number of anilines is 1. The largest absolute Gasteiger partial charge is 0.497 e. The molecule has 0 heterocycles. The maximum absolute atomic E-state index is 11.4. The van der Waals surface area contributed by atoms with E-state index in [0.717, 1.165) is 38.9 Å². The fourth-order valence-corrected chi connectivity index (χ4v) is 3.27. The van der Waals surface area contributed by atoms with Crippen molar-refractivity contribution in [3.63, 3.8) is 0 Å². The van der Waals surface area contributed by atoms with Crippen LogP contribution in [0.1, 0.15) is 19.4 Å². The highest BCUT2D eigenvalue weighted by Crippen LogP contribution is 2.31. The number of nitrogens with one attached hydrogen (secondary N) is 2. The minimum Gasteiger partial charge on any atom is -0.497 e. The lowest BCUT2D eigenvalue weighted by Gasteiger charge is -2.13. The molecule has 0 spiro atoms. The first-order valence-electron chi connectivity index (χ1n) is 9.19. The monoisotopic (exact) mass is 376 g/mol. The molecule has 0 saturated heterocycles. The number of fused-ring (bicyclic) bond motifs is 1. The zero-order valence-electron chi connectivity index (χ0n) is 16.3. The highest BCUT2D eigenvalue weighted by molar-refractivity contribution is 5.93. The average molecular weight is 376 g/mol. The number of rotatable bonds is 6. The zero-order chi connectivity index (χ0) is 20.1. The number of ether oxygens (including phenoxy) is 1. The first-order valence-corrected chi connectivity index (χ1v) is 9.19. The summed E-state index contributed by atoms with van der Waals surface area (Å²) >= 11 is 0. The van der Waals surface area contributed by atoms with Crippen molar-refractivity contribution >= 4 is 28.3 Å². The Morgan fingerprint density at radius 2 is 1.75 bits per heavy atom. The van der Waals surface area contributed by atoms with Crippen LogP contribution in [0, 0.1) is 0 Å². The molecule has 5 heteroatoms. The van der Waals surface area contributed by atoms with Gasteiger partial charge in [0.25, 0.3) is 0 Å². The third-order valence-electron chi connectivity index (χ3n) is 4.53. The van der Waals surface area contributed by atoms with Gasteiger partial charge in [0.1, 0.15) is 5.75 Å². The molecule has 5 nitrogen and oxygen atoms in total. The van der Waals surface area contributed by atoms with Gasteiger partial charge in [-0.3, -0.25) is 9.59 Å². The van der Waals surface area contributed by atoms with Crippen molar-refractivity contribution in [2.45, 2.75) is 20.3 Å². The van der Waals surface area contributed by atoms with Crippen molar-refractivity contribution < 1.29 is 14.3 Å². The van der Waals surface area contributed by atoms with E-state index in [1.165, 1.54) is 13.8 Å². The Hall–Kier alpha value is -3.34. The number of hydrogen-bond donors (Lipinski definition) is 2. The minimum absolute atomic E-state index is 0.0407. The van der Waals surface area contributed by atoms with Crippen LogP contribution in [-0.2, 0) is 16.0 Å². The summed E-state index contributed by atoms with van der Waals surface area (Å²) in [6.07, 6.45) is 0.711. The summed E-state index contributed by atoms with van der Waals surface area (Å²) in [6.45, 7) is 3.58. The molecule has 0 aliphatic carbocycles. The molecule has 0 radical (unpaired) electrons. The van der Waals surface area contributed by atoms with Crippen LogP contribution in [0.2, 0.25) is 0 Å². The van der Waals surface area contributed by atoms with Crippen LogP contribution < -0.4 is 15.4 Å². The van der Waals surface area contributed by atoms with Crippen LogP contribution >= 0.6 is 0 Å². The molecule has 0 fully saturated rings. The van der Waals surface area contributed by atoms with Gasteiger partial charge in [0.2, 0.25) is 11.8 Å². The van der Waals surface area contributed by atoms with Gasteiger partial charge in [-0.25, -0.2) is 0 Å². The lowest BCUT2D eigenvalue weighted by atomic mass is 9.95. The summed E-state index contributed by atoms with van der Waals surface area (Å²) in [4.78, 5) is 22.6. The van der Waals surface area contributed by atoms with Gasteiger partial charge < -0.3 is 15.4 Å². The fraction of sp³-hybridized carbons (Fsp3) is 0.217. The van der Waals surface area contributed by atoms with Crippen molar-refractivity contribution in [1.29, 1.82) is 0 Å². The van der Waals surface area contributed by atoms with Crippen molar-refractivity contribution in [3.05, 3.63) is 60.2 Å². The third-order valence-corrected chi connectivity index (χ3v) is 4.53. The van der Waals surface area contributed by atoms with Crippen LogP contribution in [0.5, 0.6) is 5.75 Å². The van der Waals surface area contributed by atoms with Crippen LogP contribution in [0.25, 0.3) is 21.9 Å². The van der Waals surface area contributed by atoms with Gasteiger partial charge in [-0.1, -0.05) is 24.3 Å². The molecule has 0 bridgehead atoms. The Balaban J connectivity index is 2.05. The van der Waals surface area contributed by atoms with Gasteiger partial charge in [-0.15, -0.1) is 0 Å². The predicted molar refractivity (Wildman–Crippen MR) is 113 cm³/mol. The normalized spacial score (nSPS) is 10.5. The second-order valence-corrected chi connectivity index (χ2v) is 6.72. The second-order valence-electron chi connectivity index (χ2n) is 6.72. The van der Waals surface area contributed by atoms with Gasteiger partial charge in [0, 0.05) is 26.1 Å². The van der Waals surface area contributed by atoms with E-state index in [1.807, 2.05) is 42.5 Å². The predicted octanol–water partition coefficient (Wildman–Crippen LogP) is 4.15. The molecule has 0 saturated carbocycles. The van der Waals surface area contributed by atoms with Crippen molar-refractivity contribution in [3.8, 4) is 16.9 Å². The minimum atomic E-state index is -0.0984. The van der Waals surface area contributed by atoms with E-state index in [9.17, 15) is 9.59 Å². The van der Waals surface area contributed by atoms with E-state index in [4.69, 9.17) is 4.74 Å². The summed E-state index contributed by atoms with van der Waals surface area (Å²) in [5.41, 5.74) is 3.97. The first kappa shape index (κ1) is 19.4. The van der Waals surface area contributed by atoms with E-state index < -0.39 is 0 Å². The number of hydrogen-bond acceptors (Lipinski definition) is 3. The molecule has 2 amide bonds. The maximum atomic E-state index is 11.4. The van der Waals surface area contributed by atoms with Crippen LogP contribution in [0.4, 0.5) is 5.69 Å². The highest BCUT2D eigenvalue weighted by atomic mass is 16.5. The van der Waals surface area contributed by atoms with E-state index in [1.54, 1.807) is 7.11 Å². The molecule has 3 aromatic carbocycles. The Morgan fingerprint density at radius 1 is 0.929 bits per heavy atom. The van der Waals surface area contributed by atoms with Crippen LogP contribution in [0.3, 0.4) is 0 Å². The van der Waals surface area contributed by atoms with Gasteiger partial charge >= 0.3 is 0 Å². The molecule has 3 rings (SSSR count). The van der Waals surface area contributed by atoms with E-state index in [2.05, 4.69) is 22.8 Å². The number of amides is 2. The molecule has 0 aliphatic rings. The number of benzene rings is 3. The summed E-state index contributed by atoms with van der Waals surface area (Å²) < 4.78 is 5.38. The van der Waals surface area contributed by atoms with Crippen molar-refractivity contribution in [2.24, 2.45) is 0 Å². The summed E-state index contributed by atoms with van der Waals surface area (Å²) in [5.74, 6) is 0.661. The van der Waals surface area contributed by atoms with Gasteiger partial charge in [0.15, 0.2) is 0 Å². The van der Waals surface area contributed by atoms with Crippen LogP contribution in [0.15, 0.2) is 54.6 Å². The van der Waals surface area contributed by atoms with Crippen LogP contribution in [-0.4, -0.2) is 25.5 Å². The number of methoxy groups -OCH3 is 1. The van der Waals surface area contributed by atoms with E-state index in [0.29, 0.717) is 13.0 Å². The van der Waals surface area contributed by atoms with Gasteiger partial charge in [0.05, 0.1) is 7.11 Å². The van der Waals surface area contributed by atoms with Crippen molar-refractivity contribution in [2.75, 3.05) is 19.0 Å². The summed E-state index contributed by atoms with van der Waals surface area (Å²) in [6, 6.07) is 18.0. The van der Waals surface area contributed by atoms with E-state index in [-0.39, 0.29) is 11.8 Å². The Kier molecular flexibility index (Phi) is 5.94. The SMILES string of the molecule is COc1ccc2cc(-c3cccc(NC(C)=O)c3)cc(CCNC(C)=O)c2c1. The molecule has 2 N–H and O–H groups in total. The topological polar surface area (TPSA) is 67.4 Å². The highest BCUT2D eigenvalue weighted by Gasteiger charge is 2.09. The molecule has 0 atom stereocenters. The van der Waals surface area contributed by atoms with Crippen molar-refractivity contribution in [1.82, 2.24) is 5.32 Å². The lowest BCUT2D eigenvalue weighted by molar-refractivity contribution is -0.119. The smallest absolute Gasteiger partial charge is 0.221 e. The molecule has 0 aliphatic heterocycles. The average Bonchev–Trinajstić information content (AvgIpc) is 2.67. The molecular weight excluding hydrogens is 352 g/mol. The molecule has 3 aromatic rings. The maximum Gasteiger partial charge on any atom is 0.221 e. The Labute approximate surface area is 164 Å². The Bertz CT molecular complexity index is 1030. The molecule has 28 heavy (non-hydrogen) atoms.